The van der Waals surface area contributed by atoms with Gasteiger partial charge in [0.15, 0.2) is 0 Å². The first kappa shape index (κ1) is 8.93. The first-order valence-corrected chi connectivity index (χ1v) is 3.05. The van der Waals surface area contributed by atoms with Crippen molar-refractivity contribution in [1.29, 1.82) is 0 Å². The van der Waals surface area contributed by atoms with Crippen molar-refractivity contribution in [3.8, 4) is 0 Å². The second kappa shape index (κ2) is 32.0. The van der Waals surface area contributed by atoms with Gasteiger partial charge in [-0.15, -0.1) is 0 Å². The zero-order valence-corrected chi connectivity index (χ0v) is 8.29. The molecule has 0 fully saturated rings. The van der Waals surface area contributed by atoms with Crippen LogP contribution in [0.4, 0.5) is 0 Å². The van der Waals surface area contributed by atoms with E-state index >= 15 is 0 Å². The molecule has 0 N–H and O–H groups in total. The van der Waals surface area contributed by atoms with Crippen molar-refractivity contribution in [2.75, 3.05) is 0 Å². The number of hydrogen-bond donors (Lipinski definition) is 0. The van der Waals surface area contributed by atoms with E-state index < -0.39 is 0 Å². The third-order valence-electron chi connectivity index (χ3n) is 0. The zero-order chi connectivity index (χ0) is 4.00. The molecule has 4 heavy (non-hydrogen) atoms. The van der Waals surface area contributed by atoms with Crippen LogP contribution < -0.4 is 0 Å². The van der Waals surface area contributed by atoms with E-state index in [-0.39, 0.29) is 24.4 Å². The summed E-state index contributed by atoms with van der Waals surface area (Å²) in [4.78, 5) is 0. The van der Waals surface area contributed by atoms with Crippen LogP contribution in [0.1, 0.15) is 0 Å². The summed E-state index contributed by atoms with van der Waals surface area (Å²) >= 11 is 0.650. The number of hydrogen-bond acceptors (Lipinski definition) is 2. The topological polar surface area (TPSA) is 34.1 Å². The van der Waals surface area contributed by atoms with Crippen LogP contribution in [0.15, 0.2) is 0 Å². The molecule has 0 aliphatic rings. The summed E-state index contributed by atoms with van der Waals surface area (Å²) in [5.74, 6) is 0. The van der Waals surface area contributed by atoms with Crippen molar-refractivity contribution in [3.63, 3.8) is 0 Å². The molecule has 0 saturated carbocycles. The molecule has 0 aromatic rings. The van der Waals surface area contributed by atoms with Crippen LogP contribution in [0.3, 0.4) is 0 Å². The predicted octanol–water partition coefficient (Wildman–Crippen LogP) is -0.889. The summed E-state index contributed by atoms with van der Waals surface area (Å²) in [7, 11) is 0. The van der Waals surface area contributed by atoms with E-state index in [1.807, 2.05) is 0 Å². The van der Waals surface area contributed by atoms with Crippen LogP contribution in [0.2, 0.25) is 0 Å². The molecule has 0 saturated heterocycles. The maximum atomic E-state index is 8.42. The molecule has 0 unspecified atom stereocenters. The molecule has 0 aromatic carbocycles. The van der Waals surface area contributed by atoms with Crippen LogP contribution in [0, 0.1) is 0 Å². The van der Waals surface area contributed by atoms with Gasteiger partial charge in [-0.05, 0) is 0 Å². The van der Waals surface area contributed by atoms with Gasteiger partial charge >= 0.3 is 49.6 Å². The van der Waals surface area contributed by atoms with E-state index in [1.165, 1.54) is 0 Å². The summed E-state index contributed by atoms with van der Waals surface area (Å²) in [5, 5.41) is 0. The second-order valence-electron chi connectivity index (χ2n) is 0. The van der Waals surface area contributed by atoms with Crippen LogP contribution in [0.25, 0.3) is 0 Å². The van der Waals surface area contributed by atoms with Crippen molar-refractivity contribution >= 4 is 24.4 Å². The van der Waals surface area contributed by atoms with Crippen LogP contribution in [-0.4, -0.2) is 24.4 Å². The first-order valence-electron chi connectivity index (χ1n) is 0.425. The maximum absolute atomic E-state index is 8.42. The second-order valence-corrected chi connectivity index (χ2v) is 0. The number of rotatable bonds is 0. The molecule has 25 valence electrons. The Morgan fingerprint density at radius 1 is 1.25 bits per heavy atom. The van der Waals surface area contributed by atoms with Crippen LogP contribution in [0.5, 0.6) is 0 Å². The molecule has 2 nitrogen and oxygen atoms in total. The van der Waals surface area contributed by atoms with Gasteiger partial charge < -0.3 is 0 Å². The Balaban J connectivity index is 0. The zero-order valence-electron chi connectivity index (χ0n) is 1.86. The van der Waals surface area contributed by atoms with Crippen molar-refractivity contribution in [2.45, 2.75) is 0 Å². The minimum absolute atomic E-state index is 0.1000. The standard InChI is InChI=1S/In.Ir.2O.H. The van der Waals surface area contributed by atoms with E-state index in [9.17, 15) is 0 Å². The van der Waals surface area contributed by atoms with Gasteiger partial charge in [-0.2, -0.15) is 0 Å². The van der Waals surface area contributed by atoms with E-state index in [1.54, 1.807) is 0 Å². The summed E-state index contributed by atoms with van der Waals surface area (Å²) in [6.45, 7) is 0. The fourth-order valence-corrected chi connectivity index (χ4v) is 0. The fourth-order valence-electron chi connectivity index (χ4n) is 0. The molecule has 0 aliphatic heterocycles. The fraction of sp³-hybridized carbons (Fsp3) is 0. The molecule has 0 amide bonds. The SMILES string of the molecule is [O]=[InH].[O]=[Ir]. The Bertz CT molecular complexity index is 8.00. The summed E-state index contributed by atoms with van der Waals surface area (Å²) in [6, 6.07) is 0. The summed E-state index contributed by atoms with van der Waals surface area (Å²) in [6.07, 6.45) is 0. The van der Waals surface area contributed by atoms with Gasteiger partial charge in [-0.25, -0.2) is 0 Å². The quantitative estimate of drug-likeness (QED) is 0.574. The molecule has 0 aromatic heterocycles. The van der Waals surface area contributed by atoms with E-state index in [4.69, 9.17) is 6.36 Å². The average Bonchev–Trinajstić information content (AvgIpc) is 1.50. The van der Waals surface area contributed by atoms with E-state index in [0.717, 1.165) is 18.9 Å². The molecule has 0 radical (unpaired) electrons. The normalized spacial score (nSPS) is 2.00. The van der Waals surface area contributed by atoms with Crippen molar-refractivity contribution in [3.05, 3.63) is 0 Å². The molecular weight excluding hydrogens is 339 g/mol. The third-order valence-corrected chi connectivity index (χ3v) is 0. The van der Waals surface area contributed by atoms with Gasteiger partial charge in [-0.1, -0.05) is 0 Å². The molecular formula is HInIrO2. The summed E-state index contributed by atoms with van der Waals surface area (Å²) < 4.78 is 16.7. The molecule has 0 atom stereocenters. The predicted molar refractivity (Wildman–Crippen MR) is 8.52 cm³/mol. The Morgan fingerprint density at radius 3 is 1.25 bits per heavy atom. The Kier molecular flexibility index (Phi) is 71.4. The average molecular weight is 340 g/mol. The van der Waals surface area contributed by atoms with Crippen molar-refractivity contribution in [1.82, 2.24) is 0 Å². The van der Waals surface area contributed by atoms with Gasteiger partial charge in [-0.3, -0.25) is 0 Å². The Morgan fingerprint density at radius 2 is 1.25 bits per heavy atom. The first-order chi connectivity index (χ1) is 2.00. The molecule has 0 rings (SSSR count). The van der Waals surface area contributed by atoms with E-state index in [0.29, 0.717) is 0 Å². The van der Waals surface area contributed by atoms with Gasteiger partial charge in [0.05, 0.1) is 0 Å². The van der Waals surface area contributed by atoms with Crippen LogP contribution >= 0.6 is 0 Å². The monoisotopic (exact) mass is 341 g/mol. The van der Waals surface area contributed by atoms with Gasteiger partial charge in [0.25, 0.3) is 0 Å². The van der Waals surface area contributed by atoms with Gasteiger partial charge in [0.2, 0.25) is 0 Å². The molecule has 0 aliphatic carbocycles. The van der Waals surface area contributed by atoms with Gasteiger partial charge in [0, 0.05) is 0 Å². The Hall–Kier alpha value is 1.12. The molecule has 0 heterocycles. The minimum atomic E-state index is -0.1000. The van der Waals surface area contributed by atoms with Gasteiger partial charge in [0.1, 0.15) is 0 Å². The molecule has 0 spiro atoms. The molecule has 4 heteroatoms. The summed E-state index contributed by atoms with van der Waals surface area (Å²) in [5.41, 5.74) is 0. The van der Waals surface area contributed by atoms with Crippen molar-refractivity contribution in [2.24, 2.45) is 0 Å². The van der Waals surface area contributed by atoms with E-state index in [2.05, 4.69) is 0 Å². The Labute approximate surface area is 49.4 Å². The van der Waals surface area contributed by atoms with Crippen molar-refractivity contribution < 1.29 is 25.2 Å². The third kappa shape index (κ3) is 11.2. The van der Waals surface area contributed by atoms with Crippen LogP contribution in [-0.2, 0) is 25.2 Å². The molecule has 0 bridgehead atoms.